The van der Waals surface area contributed by atoms with Crippen LogP contribution >= 0.6 is 0 Å². The number of nitrogens with one attached hydrogen (secondary N) is 1. The molecule has 7 aromatic carbocycles. The summed E-state index contributed by atoms with van der Waals surface area (Å²) in [6, 6.07) is 63.0. The second-order valence-corrected chi connectivity index (χ2v) is 12.3. The number of nitrogens with zero attached hydrogens (tertiary/aromatic N) is 3. The van der Waals surface area contributed by atoms with Gasteiger partial charge in [-0.2, -0.15) is 0 Å². The van der Waals surface area contributed by atoms with Gasteiger partial charge in [0.2, 0.25) is 0 Å². The maximum absolute atomic E-state index is 7.84. The number of nitrogens with two attached hydrogens (primary N) is 1. The number of amidine groups is 2. The number of rotatable bonds is 6. The molecule has 8 rings (SSSR count). The van der Waals surface area contributed by atoms with E-state index in [1.54, 1.807) is 0 Å². The smallest absolute Gasteiger partial charge is 0.160 e. The summed E-state index contributed by atoms with van der Waals surface area (Å²) in [6.07, 6.45) is 0. The van der Waals surface area contributed by atoms with Crippen LogP contribution in [0, 0.1) is 12.3 Å². The summed E-state index contributed by atoms with van der Waals surface area (Å²) in [6.45, 7) is 2.20. The first kappa shape index (κ1) is 33.5. The first-order valence-corrected chi connectivity index (χ1v) is 17.2. The summed E-state index contributed by atoms with van der Waals surface area (Å²) in [7, 11) is 0. The van der Waals surface area contributed by atoms with Crippen LogP contribution in [0.4, 0.5) is 0 Å². The fourth-order valence-corrected chi connectivity index (χ4v) is 6.08. The van der Waals surface area contributed by atoms with Crippen molar-refractivity contribution in [2.75, 3.05) is 0 Å². The highest BCUT2D eigenvalue weighted by molar-refractivity contribution is 6.09. The van der Waals surface area contributed by atoms with Gasteiger partial charge in [-0.25, -0.2) is 15.0 Å². The maximum Gasteiger partial charge on any atom is 0.160 e. The normalized spacial score (nSPS) is 11.1. The number of aryl methyl sites for hydroxylation is 1. The molecule has 0 unspecified atom stereocenters. The third kappa shape index (κ3) is 7.75. The number of aliphatic imine (C=N–C) groups is 1. The summed E-state index contributed by atoms with van der Waals surface area (Å²) < 4.78 is 0. The second-order valence-electron chi connectivity index (χ2n) is 12.3. The Morgan fingerprint density at radius 1 is 0.500 bits per heavy atom. The van der Waals surface area contributed by atoms with Crippen molar-refractivity contribution in [3.05, 3.63) is 205 Å². The molecule has 3 N–H and O–H groups in total. The zero-order chi connectivity index (χ0) is 35.7. The fraction of sp³-hybridized carbons (Fsp3) is 0.0213. The first-order chi connectivity index (χ1) is 25.5. The van der Waals surface area contributed by atoms with E-state index in [0.29, 0.717) is 5.84 Å². The van der Waals surface area contributed by atoms with Crippen LogP contribution in [-0.4, -0.2) is 21.6 Å². The van der Waals surface area contributed by atoms with Crippen molar-refractivity contribution in [3.8, 4) is 45.0 Å². The molecule has 0 bridgehead atoms. The summed E-state index contributed by atoms with van der Waals surface area (Å²) >= 11 is 0. The quantitative estimate of drug-likeness (QED) is 0.136. The predicted octanol–water partition coefficient (Wildman–Crippen LogP) is 11.0. The maximum atomic E-state index is 7.84. The van der Waals surface area contributed by atoms with Gasteiger partial charge >= 0.3 is 0 Å². The summed E-state index contributed by atoms with van der Waals surface area (Å²) in [4.78, 5) is 13.9. The van der Waals surface area contributed by atoms with Crippen LogP contribution < -0.4 is 5.73 Å². The van der Waals surface area contributed by atoms with Gasteiger partial charge in [0.05, 0.1) is 11.4 Å². The van der Waals surface area contributed by atoms with Crippen molar-refractivity contribution in [2.45, 2.75) is 6.92 Å². The van der Waals surface area contributed by atoms with Crippen molar-refractivity contribution in [3.63, 3.8) is 0 Å². The SMILES string of the molecule is Cc1c(-c2ccc(-c3cc(-c4ccccc4)nc(-c4ccccc4)n3)cc2)ccc2ccccc12.N=C(N=C(N)c1ccccc1)c1ccccc1. The lowest BCUT2D eigenvalue weighted by Crippen LogP contribution is -2.15. The third-order valence-corrected chi connectivity index (χ3v) is 8.87. The van der Waals surface area contributed by atoms with Crippen molar-refractivity contribution in [2.24, 2.45) is 10.7 Å². The van der Waals surface area contributed by atoms with Crippen molar-refractivity contribution in [1.82, 2.24) is 9.97 Å². The van der Waals surface area contributed by atoms with Crippen LogP contribution in [0.2, 0.25) is 0 Å². The van der Waals surface area contributed by atoms with Crippen molar-refractivity contribution < 1.29 is 0 Å². The Morgan fingerprint density at radius 3 is 1.60 bits per heavy atom. The molecule has 0 atom stereocenters. The van der Waals surface area contributed by atoms with Crippen LogP contribution in [0.15, 0.2) is 193 Å². The van der Waals surface area contributed by atoms with Gasteiger partial charge in [0.25, 0.3) is 0 Å². The van der Waals surface area contributed by atoms with Crippen LogP contribution in [0.5, 0.6) is 0 Å². The molecule has 52 heavy (non-hydrogen) atoms. The Bertz CT molecular complexity index is 2400. The molecular weight excluding hydrogens is 635 g/mol. The van der Waals surface area contributed by atoms with Gasteiger partial charge in [-0.15, -0.1) is 0 Å². The second kappa shape index (κ2) is 15.7. The van der Waals surface area contributed by atoms with E-state index in [-0.39, 0.29) is 5.84 Å². The van der Waals surface area contributed by atoms with E-state index in [1.165, 1.54) is 27.5 Å². The van der Waals surface area contributed by atoms with Crippen LogP contribution in [0.1, 0.15) is 16.7 Å². The number of aromatic nitrogens is 2. The minimum absolute atomic E-state index is 0.173. The van der Waals surface area contributed by atoms with Crippen LogP contribution in [-0.2, 0) is 0 Å². The molecule has 0 spiro atoms. The lowest BCUT2D eigenvalue weighted by Gasteiger charge is -2.12. The molecule has 0 aliphatic heterocycles. The molecule has 8 aromatic rings. The van der Waals surface area contributed by atoms with Gasteiger partial charge < -0.3 is 5.73 Å². The largest absolute Gasteiger partial charge is 0.383 e. The molecule has 0 amide bonds. The first-order valence-electron chi connectivity index (χ1n) is 17.2. The highest BCUT2D eigenvalue weighted by atomic mass is 14.9. The van der Waals surface area contributed by atoms with Gasteiger partial charge in [0.1, 0.15) is 5.84 Å². The molecule has 0 aliphatic carbocycles. The number of hydrogen-bond donors (Lipinski definition) is 2. The Labute approximate surface area is 304 Å². The van der Waals surface area contributed by atoms with Crippen molar-refractivity contribution in [1.29, 1.82) is 5.41 Å². The van der Waals surface area contributed by atoms with E-state index in [9.17, 15) is 0 Å². The van der Waals surface area contributed by atoms with Crippen LogP contribution in [0.25, 0.3) is 55.8 Å². The molecule has 5 heteroatoms. The van der Waals surface area contributed by atoms with E-state index < -0.39 is 0 Å². The average molecular weight is 672 g/mol. The molecule has 1 heterocycles. The average Bonchev–Trinajstić information content (AvgIpc) is 3.22. The van der Waals surface area contributed by atoms with E-state index in [1.807, 2.05) is 97.1 Å². The van der Waals surface area contributed by atoms with Gasteiger partial charge in [-0.3, -0.25) is 5.41 Å². The zero-order valence-electron chi connectivity index (χ0n) is 28.8. The minimum Gasteiger partial charge on any atom is -0.383 e. The third-order valence-electron chi connectivity index (χ3n) is 8.87. The monoisotopic (exact) mass is 671 g/mol. The Balaban J connectivity index is 0.000000208. The van der Waals surface area contributed by atoms with Gasteiger partial charge in [-0.1, -0.05) is 182 Å². The molecular formula is C47H37N5. The van der Waals surface area contributed by atoms with E-state index >= 15 is 0 Å². The minimum atomic E-state index is 0.173. The van der Waals surface area contributed by atoms with Gasteiger partial charge in [0.15, 0.2) is 11.7 Å². The summed E-state index contributed by atoms with van der Waals surface area (Å²) in [5, 5.41) is 10.4. The molecule has 0 aliphatic rings. The predicted molar refractivity (Wildman–Crippen MR) is 216 cm³/mol. The zero-order valence-corrected chi connectivity index (χ0v) is 28.8. The molecule has 250 valence electrons. The Morgan fingerprint density at radius 2 is 0.981 bits per heavy atom. The summed E-state index contributed by atoms with van der Waals surface area (Å²) in [5.41, 5.74) is 16.2. The lowest BCUT2D eigenvalue weighted by atomic mass is 9.94. The Kier molecular flexibility index (Phi) is 10.1. The number of hydrogen-bond acceptors (Lipinski definition) is 3. The van der Waals surface area contributed by atoms with Crippen molar-refractivity contribution >= 4 is 22.4 Å². The van der Waals surface area contributed by atoms with Crippen LogP contribution in [0.3, 0.4) is 0 Å². The van der Waals surface area contributed by atoms with E-state index in [4.69, 9.17) is 21.1 Å². The molecule has 5 nitrogen and oxygen atoms in total. The topological polar surface area (TPSA) is 88.0 Å². The van der Waals surface area contributed by atoms with E-state index in [0.717, 1.165) is 45.0 Å². The standard InChI is InChI=1S/C33H24N2.C14H13N3/c1-23-29-15-9-8-10-24(29)20-21-30(23)25-16-18-27(19-17-25)32-22-31(26-11-4-2-5-12-26)34-33(35-32)28-13-6-3-7-14-28;15-13(11-7-3-1-4-8-11)17-14(16)12-9-5-2-6-10-12/h2-22H,1H3;1-10H,(H3,15,16,17). The summed E-state index contributed by atoms with van der Waals surface area (Å²) in [5.74, 6) is 1.27. The highest BCUT2D eigenvalue weighted by Gasteiger charge is 2.12. The highest BCUT2D eigenvalue weighted by Crippen LogP contribution is 2.32. The van der Waals surface area contributed by atoms with Gasteiger partial charge in [0, 0.05) is 27.8 Å². The molecule has 0 saturated heterocycles. The van der Waals surface area contributed by atoms with E-state index in [2.05, 4.69) is 103 Å². The molecule has 0 fully saturated rings. The molecule has 1 aromatic heterocycles. The molecule has 0 saturated carbocycles. The van der Waals surface area contributed by atoms with Gasteiger partial charge in [-0.05, 0) is 40.5 Å². The number of fused-ring (bicyclic) bond motifs is 1. The Hall–Kier alpha value is -6.98. The lowest BCUT2D eigenvalue weighted by molar-refractivity contribution is 1.18. The number of benzene rings is 7. The fourth-order valence-electron chi connectivity index (χ4n) is 6.08. The molecule has 0 radical (unpaired) electrons.